The van der Waals surface area contributed by atoms with Crippen LogP contribution in [-0.4, -0.2) is 33.8 Å². The van der Waals surface area contributed by atoms with E-state index in [0.29, 0.717) is 17.8 Å². The van der Waals surface area contributed by atoms with Crippen LogP contribution in [0.25, 0.3) is 10.9 Å². The minimum atomic E-state index is -0.159. The normalized spacial score (nSPS) is 17.0. The summed E-state index contributed by atoms with van der Waals surface area (Å²) in [4.78, 5) is 18.9. The van der Waals surface area contributed by atoms with Crippen LogP contribution in [0, 0.1) is 0 Å². The highest BCUT2D eigenvalue weighted by atomic mass is 32.2. The molecule has 6 heteroatoms. The van der Waals surface area contributed by atoms with Gasteiger partial charge in [-0.3, -0.25) is 4.79 Å². The molecular weight excluding hydrogens is 348 g/mol. The molecule has 1 atom stereocenters. The van der Waals surface area contributed by atoms with Crippen molar-refractivity contribution in [2.45, 2.75) is 11.9 Å². The highest BCUT2D eigenvalue weighted by Gasteiger charge is 2.33. The van der Waals surface area contributed by atoms with E-state index in [0.717, 1.165) is 22.4 Å². The number of ether oxygens (including phenoxy) is 1. The van der Waals surface area contributed by atoms with Crippen LogP contribution in [0.3, 0.4) is 0 Å². The van der Waals surface area contributed by atoms with Gasteiger partial charge in [0.05, 0.1) is 18.6 Å². The first-order chi connectivity index (χ1) is 12.7. The van der Waals surface area contributed by atoms with Crippen LogP contribution in [0.15, 0.2) is 54.6 Å². The standard InChI is InChI=1S/C20H18N2O3S/c1-25-15-8-5-13(6-9-15)11-22-18(24)12-26-20(22)16-10-7-14-3-2-4-17(23)19(14)21-16/h2-10,20,23H,11-12H2,1H3. The van der Waals surface area contributed by atoms with E-state index in [4.69, 9.17) is 4.74 Å². The molecule has 4 rings (SSSR count). The van der Waals surface area contributed by atoms with Gasteiger partial charge in [0.2, 0.25) is 5.91 Å². The van der Waals surface area contributed by atoms with E-state index in [2.05, 4.69) is 4.98 Å². The van der Waals surface area contributed by atoms with Gasteiger partial charge in [-0.25, -0.2) is 4.98 Å². The quantitative estimate of drug-likeness (QED) is 0.762. The van der Waals surface area contributed by atoms with Crippen molar-refractivity contribution in [3.63, 3.8) is 0 Å². The molecule has 1 fully saturated rings. The number of carbonyl (C=O) groups is 1. The molecule has 2 heterocycles. The van der Waals surface area contributed by atoms with Gasteiger partial charge in [0.25, 0.3) is 0 Å². The zero-order valence-corrected chi connectivity index (χ0v) is 15.1. The number of benzene rings is 2. The molecule has 1 amide bonds. The summed E-state index contributed by atoms with van der Waals surface area (Å²) in [5.41, 5.74) is 2.38. The second kappa shape index (κ2) is 6.88. The third kappa shape index (κ3) is 3.08. The Labute approximate surface area is 155 Å². The molecule has 0 bridgehead atoms. The van der Waals surface area contributed by atoms with Gasteiger partial charge in [0.15, 0.2) is 0 Å². The highest BCUT2D eigenvalue weighted by Crippen LogP contribution is 2.39. The Bertz CT molecular complexity index is 959. The number of pyridine rings is 1. The Morgan fingerprint density at radius 3 is 2.77 bits per heavy atom. The molecule has 1 aromatic heterocycles. The van der Waals surface area contributed by atoms with Crippen molar-refractivity contribution in [2.24, 2.45) is 0 Å². The second-order valence-corrected chi connectivity index (χ2v) is 7.19. The predicted octanol–water partition coefficient (Wildman–Crippen LogP) is 3.72. The molecule has 1 saturated heterocycles. The van der Waals surface area contributed by atoms with E-state index < -0.39 is 0 Å². The molecule has 0 spiro atoms. The van der Waals surface area contributed by atoms with E-state index in [9.17, 15) is 9.90 Å². The summed E-state index contributed by atoms with van der Waals surface area (Å²) in [6, 6.07) is 16.9. The lowest BCUT2D eigenvalue weighted by Crippen LogP contribution is -2.28. The van der Waals surface area contributed by atoms with Crippen molar-refractivity contribution in [1.82, 2.24) is 9.88 Å². The minimum absolute atomic E-state index is 0.0926. The Morgan fingerprint density at radius 2 is 2.00 bits per heavy atom. The molecule has 0 radical (unpaired) electrons. The number of amides is 1. The third-order valence-corrected chi connectivity index (χ3v) is 5.68. The van der Waals surface area contributed by atoms with Crippen molar-refractivity contribution in [3.05, 3.63) is 65.9 Å². The lowest BCUT2D eigenvalue weighted by Gasteiger charge is -2.24. The number of rotatable bonds is 4. The summed E-state index contributed by atoms with van der Waals surface area (Å²) in [6.45, 7) is 0.515. The Balaban J connectivity index is 1.64. The predicted molar refractivity (Wildman–Crippen MR) is 102 cm³/mol. The average Bonchev–Trinajstić information content (AvgIpc) is 3.03. The van der Waals surface area contributed by atoms with Crippen LogP contribution in [-0.2, 0) is 11.3 Å². The monoisotopic (exact) mass is 366 g/mol. The lowest BCUT2D eigenvalue weighted by molar-refractivity contribution is -0.128. The summed E-state index contributed by atoms with van der Waals surface area (Å²) in [6.07, 6.45) is 0. The maximum atomic E-state index is 12.4. The van der Waals surface area contributed by atoms with Gasteiger partial charge in [-0.15, -0.1) is 11.8 Å². The molecule has 0 aliphatic carbocycles. The van der Waals surface area contributed by atoms with E-state index in [-0.39, 0.29) is 17.0 Å². The minimum Gasteiger partial charge on any atom is -0.506 e. The third-order valence-electron chi connectivity index (χ3n) is 4.45. The van der Waals surface area contributed by atoms with E-state index >= 15 is 0 Å². The molecular formula is C20H18N2O3S. The first-order valence-corrected chi connectivity index (χ1v) is 9.33. The molecule has 132 valence electrons. The van der Waals surface area contributed by atoms with Crippen molar-refractivity contribution >= 4 is 28.6 Å². The fourth-order valence-electron chi connectivity index (χ4n) is 3.08. The Morgan fingerprint density at radius 1 is 1.19 bits per heavy atom. The number of para-hydroxylation sites is 1. The summed E-state index contributed by atoms with van der Waals surface area (Å²) < 4.78 is 5.18. The summed E-state index contributed by atoms with van der Waals surface area (Å²) in [7, 11) is 1.63. The van der Waals surface area contributed by atoms with E-state index in [1.165, 1.54) is 0 Å². The van der Waals surface area contributed by atoms with Crippen molar-refractivity contribution in [2.75, 3.05) is 12.9 Å². The number of aromatic nitrogens is 1. The number of phenols is 1. The molecule has 2 aromatic carbocycles. The number of thioether (sulfide) groups is 1. The summed E-state index contributed by atoms with van der Waals surface area (Å²) >= 11 is 1.56. The van der Waals surface area contributed by atoms with Crippen molar-refractivity contribution in [3.8, 4) is 11.5 Å². The Kier molecular flexibility index (Phi) is 4.42. The second-order valence-electron chi connectivity index (χ2n) is 6.12. The number of nitrogens with zero attached hydrogens (tertiary/aromatic N) is 2. The Hall–Kier alpha value is -2.73. The fraction of sp³-hybridized carbons (Fsp3) is 0.200. The average molecular weight is 366 g/mol. The van der Waals surface area contributed by atoms with Gasteiger partial charge in [-0.1, -0.05) is 30.3 Å². The number of methoxy groups -OCH3 is 1. The smallest absolute Gasteiger partial charge is 0.234 e. The molecule has 5 nitrogen and oxygen atoms in total. The molecule has 26 heavy (non-hydrogen) atoms. The van der Waals surface area contributed by atoms with Gasteiger partial charge in [-0.2, -0.15) is 0 Å². The van der Waals surface area contributed by atoms with Gasteiger partial charge in [0, 0.05) is 11.9 Å². The maximum absolute atomic E-state index is 12.4. The number of hydrogen-bond donors (Lipinski definition) is 1. The maximum Gasteiger partial charge on any atom is 0.234 e. The largest absolute Gasteiger partial charge is 0.506 e. The number of aromatic hydroxyl groups is 1. The van der Waals surface area contributed by atoms with Gasteiger partial charge in [0.1, 0.15) is 22.4 Å². The van der Waals surface area contributed by atoms with Crippen LogP contribution in [0.1, 0.15) is 16.6 Å². The van der Waals surface area contributed by atoms with Crippen LogP contribution < -0.4 is 4.74 Å². The van der Waals surface area contributed by atoms with Crippen LogP contribution in [0.5, 0.6) is 11.5 Å². The molecule has 1 unspecified atom stereocenters. The number of phenolic OH excluding ortho intramolecular Hbond substituents is 1. The van der Waals surface area contributed by atoms with Gasteiger partial charge in [-0.05, 0) is 29.8 Å². The fourth-order valence-corrected chi connectivity index (χ4v) is 4.22. The summed E-state index contributed by atoms with van der Waals surface area (Å²) in [5.74, 6) is 1.47. The van der Waals surface area contributed by atoms with Crippen LogP contribution in [0.4, 0.5) is 0 Å². The topological polar surface area (TPSA) is 62.7 Å². The molecule has 3 aromatic rings. The first kappa shape index (κ1) is 16.7. The van der Waals surface area contributed by atoms with Crippen LogP contribution >= 0.6 is 11.8 Å². The molecule has 0 saturated carbocycles. The lowest BCUT2D eigenvalue weighted by atomic mass is 10.1. The SMILES string of the molecule is COc1ccc(CN2C(=O)CSC2c2ccc3cccc(O)c3n2)cc1. The van der Waals surface area contributed by atoms with Gasteiger partial charge >= 0.3 is 0 Å². The number of carbonyl (C=O) groups excluding carboxylic acids is 1. The zero-order valence-electron chi connectivity index (χ0n) is 14.3. The number of fused-ring (bicyclic) bond motifs is 1. The summed E-state index contributed by atoms with van der Waals surface area (Å²) in [5, 5.41) is 10.8. The van der Waals surface area contributed by atoms with E-state index in [1.54, 1.807) is 31.0 Å². The molecule has 1 N–H and O–H groups in total. The van der Waals surface area contributed by atoms with Gasteiger partial charge < -0.3 is 14.7 Å². The molecule has 1 aliphatic heterocycles. The van der Waals surface area contributed by atoms with Crippen molar-refractivity contribution in [1.29, 1.82) is 0 Å². The van der Waals surface area contributed by atoms with E-state index in [1.807, 2.05) is 47.4 Å². The highest BCUT2D eigenvalue weighted by molar-refractivity contribution is 8.00. The number of hydrogen-bond acceptors (Lipinski definition) is 5. The zero-order chi connectivity index (χ0) is 18.1. The van der Waals surface area contributed by atoms with Crippen LogP contribution in [0.2, 0.25) is 0 Å². The van der Waals surface area contributed by atoms with Crippen molar-refractivity contribution < 1.29 is 14.6 Å². The molecule has 1 aliphatic rings. The first-order valence-electron chi connectivity index (χ1n) is 8.28.